The molecule has 0 radical (unpaired) electrons. The maximum Gasteiger partial charge on any atom is 0.261 e. The van der Waals surface area contributed by atoms with Gasteiger partial charge in [-0.25, -0.2) is 13.8 Å². The Kier molecular flexibility index (Phi) is 7.89. The molecule has 0 spiro atoms. The maximum atomic E-state index is 13.6. The Morgan fingerprint density at radius 2 is 2.05 bits per heavy atom. The summed E-state index contributed by atoms with van der Waals surface area (Å²) < 4.78 is 27.3. The molecule has 1 saturated heterocycles. The molecule has 0 bridgehead atoms. The quantitative estimate of drug-likeness (QED) is 0.236. The first-order valence-electron chi connectivity index (χ1n) is 13.7. The number of aromatic amines is 2. The number of halogens is 2. The van der Waals surface area contributed by atoms with Gasteiger partial charge in [-0.2, -0.15) is 5.10 Å². The molecule has 1 aliphatic carbocycles. The van der Waals surface area contributed by atoms with Gasteiger partial charge in [-0.1, -0.05) is 50.8 Å². The van der Waals surface area contributed by atoms with Crippen LogP contribution >= 0.6 is 0 Å². The van der Waals surface area contributed by atoms with Crippen molar-refractivity contribution < 1.29 is 8.78 Å². The van der Waals surface area contributed by atoms with Gasteiger partial charge in [-0.3, -0.25) is 15.0 Å². The van der Waals surface area contributed by atoms with Crippen molar-refractivity contribution in [2.24, 2.45) is 0 Å². The van der Waals surface area contributed by atoms with Crippen molar-refractivity contribution in [3.63, 3.8) is 0 Å². The molecular formula is C32H34F2N6. The lowest BCUT2D eigenvalue weighted by Gasteiger charge is -2.15. The summed E-state index contributed by atoms with van der Waals surface area (Å²) in [6, 6.07) is 7.96. The fraction of sp³-hybridized carbons (Fsp3) is 0.281. The van der Waals surface area contributed by atoms with Crippen LogP contribution < -0.4 is 0 Å². The summed E-state index contributed by atoms with van der Waals surface area (Å²) in [7, 11) is 0. The Hall–Kier alpha value is -4.17. The second kappa shape index (κ2) is 11.5. The van der Waals surface area contributed by atoms with Crippen LogP contribution in [0.1, 0.15) is 43.5 Å². The molecule has 0 aromatic carbocycles. The number of hydrogen-bond acceptors (Lipinski definition) is 4. The third-order valence-electron chi connectivity index (χ3n) is 7.08. The molecule has 0 unspecified atom stereocenters. The Bertz CT molecular complexity index is 1620. The molecule has 0 saturated carbocycles. The van der Waals surface area contributed by atoms with Crippen molar-refractivity contribution in [1.29, 1.82) is 0 Å². The third-order valence-corrected chi connectivity index (χ3v) is 7.08. The number of pyridine rings is 2. The van der Waals surface area contributed by atoms with Gasteiger partial charge < -0.3 is 4.98 Å². The van der Waals surface area contributed by atoms with E-state index in [1.807, 2.05) is 44.2 Å². The number of likely N-dealkylation sites (tertiary alicyclic amines) is 1. The van der Waals surface area contributed by atoms with Gasteiger partial charge in [0, 0.05) is 48.7 Å². The van der Waals surface area contributed by atoms with Gasteiger partial charge in [0.25, 0.3) is 5.92 Å². The zero-order valence-electron chi connectivity index (χ0n) is 23.1. The van der Waals surface area contributed by atoms with Crippen molar-refractivity contribution >= 4 is 16.6 Å². The van der Waals surface area contributed by atoms with Crippen LogP contribution in [0.5, 0.6) is 0 Å². The summed E-state index contributed by atoms with van der Waals surface area (Å²) in [6.07, 6.45) is 14.6. The molecule has 4 aromatic rings. The summed E-state index contributed by atoms with van der Waals surface area (Å²) in [5.74, 6) is -2.61. The smallest absolute Gasteiger partial charge is 0.261 e. The molecular weight excluding hydrogens is 506 g/mol. The number of nitrogens with one attached hydrogen (secondary N) is 2. The molecule has 40 heavy (non-hydrogen) atoms. The summed E-state index contributed by atoms with van der Waals surface area (Å²) in [5, 5.41) is 7.67. The number of hydrogen-bond donors (Lipinski definition) is 2. The number of aryl methyl sites for hydroxylation is 1. The number of fused-ring (bicyclic) bond motifs is 1. The van der Waals surface area contributed by atoms with Crippen molar-refractivity contribution in [2.75, 3.05) is 13.1 Å². The van der Waals surface area contributed by atoms with Crippen molar-refractivity contribution in [1.82, 2.24) is 30.0 Å². The lowest BCUT2D eigenvalue weighted by Crippen LogP contribution is -2.24. The Morgan fingerprint density at radius 3 is 2.77 bits per heavy atom. The highest BCUT2D eigenvalue weighted by Gasteiger charge is 2.37. The minimum atomic E-state index is -2.61. The number of nitrogens with zero attached hydrogens (tertiary/aromatic N) is 4. The topological polar surface area (TPSA) is 73.5 Å². The van der Waals surface area contributed by atoms with Crippen molar-refractivity contribution in [3.8, 4) is 22.6 Å². The molecule has 6 rings (SSSR count). The van der Waals surface area contributed by atoms with E-state index < -0.39 is 5.92 Å². The molecule has 1 fully saturated rings. The molecule has 1 aliphatic heterocycles. The van der Waals surface area contributed by atoms with Crippen LogP contribution in [-0.4, -0.2) is 49.1 Å². The van der Waals surface area contributed by atoms with E-state index in [2.05, 4.69) is 58.0 Å². The van der Waals surface area contributed by atoms with E-state index >= 15 is 0 Å². The summed E-state index contributed by atoms with van der Waals surface area (Å²) in [5.41, 5.74) is 10.0. The standard InChI is InChI=1S/C30H28F2N6.C2H6/c1-3-6-23(21-7-4-5-8-21)24-14-27(34-19(24)2)29-28-26(36-37-29)10-9-25(35-28)22-13-20(15-33-16-22)17-38-12-11-30(31,32)18-38;1-2/h3-4,6-10,13-16,34H,1,5,11-12,17-18H2,2H3,(H,36,37);1-2H3/b23-6-;. The molecule has 8 heteroatoms. The van der Waals surface area contributed by atoms with E-state index in [4.69, 9.17) is 4.98 Å². The number of alkyl halides is 2. The first-order chi connectivity index (χ1) is 19.4. The van der Waals surface area contributed by atoms with Crippen LogP contribution in [0.3, 0.4) is 0 Å². The van der Waals surface area contributed by atoms with Gasteiger partial charge >= 0.3 is 0 Å². The fourth-order valence-electron chi connectivity index (χ4n) is 5.24. The molecule has 4 aromatic heterocycles. The van der Waals surface area contributed by atoms with Gasteiger partial charge in [-0.15, -0.1) is 0 Å². The van der Waals surface area contributed by atoms with Crippen molar-refractivity contribution in [3.05, 3.63) is 96.0 Å². The zero-order chi connectivity index (χ0) is 28.3. The number of rotatable bonds is 7. The van der Waals surface area contributed by atoms with Crippen LogP contribution in [0.2, 0.25) is 0 Å². The minimum Gasteiger partial charge on any atom is -0.357 e. The van der Waals surface area contributed by atoms with Crippen LogP contribution in [0.15, 0.2) is 79.2 Å². The highest BCUT2D eigenvalue weighted by atomic mass is 19.3. The van der Waals surface area contributed by atoms with E-state index in [-0.39, 0.29) is 13.0 Å². The van der Waals surface area contributed by atoms with Crippen LogP contribution in [-0.2, 0) is 6.54 Å². The average Bonchev–Trinajstić information content (AvgIpc) is 3.76. The zero-order valence-corrected chi connectivity index (χ0v) is 23.1. The molecule has 6 nitrogen and oxygen atoms in total. The summed E-state index contributed by atoms with van der Waals surface area (Å²) in [6.45, 7) is 10.6. The highest BCUT2D eigenvalue weighted by Crippen LogP contribution is 2.35. The van der Waals surface area contributed by atoms with E-state index in [1.165, 1.54) is 5.57 Å². The predicted octanol–water partition coefficient (Wildman–Crippen LogP) is 7.65. The molecule has 206 valence electrons. The second-order valence-corrected chi connectivity index (χ2v) is 9.90. The molecule has 0 amide bonds. The van der Waals surface area contributed by atoms with Gasteiger partial charge in [-0.05, 0) is 54.3 Å². The first-order valence-corrected chi connectivity index (χ1v) is 13.7. The predicted molar refractivity (Wildman–Crippen MR) is 158 cm³/mol. The van der Waals surface area contributed by atoms with Crippen LogP contribution in [0.4, 0.5) is 8.78 Å². The van der Waals surface area contributed by atoms with Gasteiger partial charge in [0.15, 0.2) is 0 Å². The maximum absolute atomic E-state index is 13.6. The number of aromatic nitrogens is 5. The SMILES string of the molecule is C=C/C=C(/C1=CCC=C1)c1cc(-c2n[nH]c3ccc(-c4cncc(CN5CCC(F)(F)C5)c4)nc23)[nH]c1C.CC. The van der Waals surface area contributed by atoms with Gasteiger partial charge in [0.1, 0.15) is 11.2 Å². The van der Waals surface area contributed by atoms with E-state index in [0.29, 0.717) is 13.1 Å². The average molecular weight is 541 g/mol. The number of H-pyrrole nitrogens is 2. The summed E-state index contributed by atoms with van der Waals surface area (Å²) in [4.78, 5) is 14.6. The molecule has 0 atom stereocenters. The fourth-order valence-corrected chi connectivity index (χ4v) is 5.24. The monoisotopic (exact) mass is 540 g/mol. The largest absolute Gasteiger partial charge is 0.357 e. The summed E-state index contributed by atoms with van der Waals surface area (Å²) >= 11 is 0. The van der Waals surface area contributed by atoms with Crippen LogP contribution in [0.25, 0.3) is 39.3 Å². The lowest BCUT2D eigenvalue weighted by atomic mass is 9.98. The van der Waals surface area contributed by atoms with E-state index in [9.17, 15) is 8.78 Å². The second-order valence-electron chi connectivity index (χ2n) is 9.90. The molecule has 2 N–H and O–H groups in total. The van der Waals surface area contributed by atoms with E-state index in [1.54, 1.807) is 17.3 Å². The van der Waals surface area contributed by atoms with Crippen LogP contribution in [0, 0.1) is 6.92 Å². The van der Waals surface area contributed by atoms with Gasteiger partial charge in [0.2, 0.25) is 0 Å². The Labute approximate surface area is 233 Å². The molecule has 5 heterocycles. The first kappa shape index (κ1) is 27.4. The number of allylic oxidation sites excluding steroid dienone is 7. The highest BCUT2D eigenvalue weighted by molar-refractivity contribution is 5.92. The third kappa shape index (κ3) is 5.58. The van der Waals surface area contributed by atoms with E-state index in [0.717, 1.165) is 62.5 Å². The Morgan fingerprint density at radius 1 is 1.20 bits per heavy atom. The minimum absolute atomic E-state index is 0.0965. The van der Waals surface area contributed by atoms with Gasteiger partial charge in [0.05, 0.1) is 23.4 Å². The van der Waals surface area contributed by atoms with Crippen molar-refractivity contribution in [2.45, 2.75) is 46.1 Å². The normalized spacial score (nSPS) is 16.7. The lowest BCUT2D eigenvalue weighted by molar-refractivity contribution is 0.0115. The Balaban J connectivity index is 0.00000158. The molecule has 2 aliphatic rings.